The summed E-state index contributed by atoms with van der Waals surface area (Å²) in [5.41, 5.74) is -0.120. The lowest BCUT2D eigenvalue weighted by Gasteiger charge is -2.38. The van der Waals surface area contributed by atoms with E-state index in [1.165, 1.54) is 14.2 Å². The van der Waals surface area contributed by atoms with Gasteiger partial charge in [0, 0.05) is 0 Å². The van der Waals surface area contributed by atoms with E-state index in [0.717, 1.165) is 12.0 Å². The van der Waals surface area contributed by atoms with Crippen molar-refractivity contribution < 1.29 is 24.2 Å². The van der Waals surface area contributed by atoms with Crippen LogP contribution in [0, 0.1) is 11.3 Å². The van der Waals surface area contributed by atoms with E-state index >= 15 is 0 Å². The normalized spacial score (nSPS) is 25.1. The molecule has 0 radical (unpaired) electrons. The second kappa shape index (κ2) is 5.95. The molecule has 0 amide bonds. The lowest BCUT2D eigenvalue weighted by molar-refractivity contribution is -0.158. The minimum absolute atomic E-state index is 0.0790. The van der Waals surface area contributed by atoms with Crippen LogP contribution < -0.4 is 0 Å². The number of hydrogen-bond donors (Lipinski definition) is 1. The molecule has 1 aliphatic rings. The van der Waals surface area contributed by atoms with Crippen molar-refractivity contribution in [1.29, 1.82) is 0 Å². The molecule has 1 aliphatic carbocycles. The Kier molecular flexibility index (Phi) is 4.97. The van der Waals surface area contributed by atoms with Crippen LogP contribution in [-0.4, -0.2) is 36.9 Å². The van der Waals surface area contributed by atoms with Crippen LogP contribution in [0.2, 0.25) is 0 Å². The van der Waals surface area contributed by atoms with Gasteiger partial charge in [-0.1, -0.05) is 25.5 Å². The Morgan fingerprint density at radius 3 is 2.15 bits per heavy atom. The second-order valence-corrected chi connectivity index (χ2v) is 6.48. The van der Waals surface area contributed by atoms with Crippen LogP contribution in [0.3, 0.4) is 0 Å². The zero-order valence-corrected chi connectivity index (χ0v) is 12.9. The number of rotatable bonds is 4. The molecule has 0 aliphatic heterocycles. The minimum Gasteiger partial charge on any atom is -0.468 e. The zero-order chi connectivity index (χ0) is 15.6. The number of hydrogen-bond acceptors (Lipinski definition) is 5. The fourth-order valence-electron chi connectivity index (χ4n) is 3.13. The topological polar surface area (TPSA) is 72.8 Å². The van der Waals surface area contributed by atoms with E-state index in [4.69, 9.17) is 0 Å². The van der Waals surface area contributed by atoms with E-state index in [-0.39, 0.29) is 11.8 Å². The van der Waals surface area contributed by atoms with Crippen molar-refractivity contribution in [3.05, 3.63) is 11.6 Å². The van der Waals surface area contributed by atoms with E-state index in [2.05, 4.69) is 23.3 Å². The summed E-state index contributed by atoms with van der Waals surface area (Å²) in [6.07, 6.45) is 3.34. The number of ether oxygens (including phenoxy) is 2. The van der Waals surface area contributed by atoms with E-state index in [1.54, 1.807) is 13.0 Å². The van der Waals surface area contributed by atoms with E-state index in [1.807, 2.05) is 0 Å². The maximum Gasteiger partial charge on any atom is 0.320 e. The summed E-state index contributed by atoms with van der Waals surface area (Å²) in [4.78, 5) is 23.4. The molecular weight excluding hydrogens is 260 g/mol. The highest BCUT2D eigenvalue weighted by molar-refractivity contribution is 5.95. The van der Waals surface area contributed by atoms with Crippen LogP contribution in [0.15, 0.2) is 11.6 Å². The summed E-state index contributed by atoms with van der Waals surface area (Å²) in [6.45, 7) is 5.85. The fourth-order valence-corrected chi connectivity index (χ4v) is 3.13. The summed E-state index contributed by atoms with van der Waals surface area (Å²) < 4.78 is 9.30. The Hall–Kier alpha value is -1.36. The summed E-state index contributed by atoms with van der Waals surface area (Å²) >= 11 is 0. The van der Waals surface area contributed by atoms with E-state index in [0.29, 0.717) is 6.42 Å². The third-order valence-electron chi connectivity index (χ3n) is 3.49. The fraction of sp³-hybridized carbons (Fsp3) is 0.733. The minimum atomic E-state index is -0.971. The quantitative estimate of drug-likeness (QED) is 0.484. The monoisotopic (exact) mass is 284 g/mol. The first-order valence-electron chi connectivity index (χ1n) is 6.69. The predicted molar refractivity (Wildman–Crippen MR) is 73.9 cm³/mol. The summed E-state index contributed by atoms with van der Waals surface area (Å²) in [5.74, 6) is -2.19. The van der Waals surface area contributed by atoms with Gasteiger partial charge < -0.3 is 14.6 Å². The molecule has 20 heavy (non-hydrogen) atoms. The van der Waals surface area contributed by atoms with Crippen molar-refractivity contribution in [3.8, 4) is 0 Å². The Morgan fingerprint density at radius 1 is 1.25 bits per heavy atom. The summed E-state index contributed by atoms with van der Waals surface area (Å²) in [7, 11) is 2.49. The van der Waals surface area contributed by atoms with E-state index in [9.17, 15) is 14.7 Å². The maximum atomic E-state index is 11.7. The zero-order valence-electron chi connectivity index (χ0n) is 12.9. The van der Waals surface area contributed by atoms with Gasteiger partial charge >= 0.3 is 11.9 Å². The van der Waals surface area contributed by atoms with Crippen molar-refractivity contribution in [2.45, 2.75) is 45.6 Å². The number of carbonyl (C=O) groups is 2. The molecule has 0 unspecified atom stereocenters. The van der Waals surface area contributed by atoms with Gasteiger partial charge in [-0.15, -0.1) is 0 Å². The van der Waals surface area contributed by atoms with Crippen molar-refractivity contribution in [2.75, 3.05) is 14.2 Å². The SMILES string of the molecule is COC(=O)C(CC1=C[C@@](C)(O)CC(C)(C)C1)C(=O)OC. The third-order valence-corrected chi connectivity index (χ3v) is 3.49. The van der Waals surface area contributed by atoms with Crippen LogP contribution in [0.5, 0.6) is 0 Å². The number of carbonyl (C=O) groups excluding carboxylic acids is 2. The number of esters is 2. The molecule has 0 saturated heterocycles. The Balaban J connectivity index is 2.96. The molecule has 1 atom stereocenters. The first-order valence-corrected chi connectivity index (χ1v) is 6.69. The highest BCUT2D eigenvalue weighted by Gasteiger charge is 2.37. The smallest absolute Gasteiger partial charge is 0.320 e. The van der Waals surface area contributed by atoms with Crippen LogP contribution in [0.1, 0.15) is 40.0 Å². The van der Waals surface area contributed by atoms with Crippen LogP contribution in [0.4, 0.5) is 0 Å². The molecule has 0 aromatic carbocycles. The van der Waals surface area contributed by atoms with Crippen LogP contribution >= 0.6 is 0 Å². The van der Waals surface area contributed by atoms with Crippen LogP contribution in [0.25, 0.3) is 0 Å². The Bertz CT molecular complexity index is 404. The lowest BCUT2D eigenvalue weighted by atomic mass is 9.70. The number of methoxy groups -OCH3 is 2. The molecule has 0 aromatic rings. The second-order valence-electron chi connectivity index (χ2n) is 6.48. The molecule has 5 nitrogen and oxygen atoms in total. The molecule has 0 fully saturated rings. The first kappa shape index (κ1) is 16.7. The highest BCUT2D eigenvalue weighted by Crippen LogP contribution is 2.42. The van der Waals surface area contributed by atoms with Gasteiger partial charge in [-0.25, -0.2) is 0 Å². The maximum absolute atomic E-state index is 11.7. The molecule has 114 valence electrons. The van der Waals surface area contributed by atoms with Crippen molar-refractivity contribution in [1.82, 2.24) is 0 Å². The highest BCUT2D eigenvalue weighted by atomic mass is 16.5. The first-order chi connectivity index (χ1) is 9.10. The molecular formula is C15H24O5. The van der Waals surface area contributed by atoms with Crippen LogP contribution in [-0.2, 0) is 19.1 Å². The molecule has 0 heterocycles. The van der Waals surface area contributed by atoms with Gasteiger partial charge in [0.15, 0.2) is 5.92 Å². The number of aliphatic hydroxyl groups is 1. The number of allylic oxidation sites excluding steroid dienone is 1. The molecule has 0 spiro atoms. The average Bonchev–Trinajstić information content (AvgIpc) is 2.30. The van der Waals surface area contributed by atoms with Gasteiger partial charge in [0.25, 0.3) is 0 Å². The lowest BCUT2D eigenvalue weighted by Crippen LogP contribution is -2.36. The molecule has 5 heteroatoms. The van der Waals surface area contributed by atoms with Gasteiger partial charge in [-0.3, -0.25) is 9.59 Å². The average molecular weight is 284 g/mol. The summed E-state index contributed by atoms with van der Waals surface area (Å²) in [5, 5.41) is 10.3. The molecule has 0 bridgehead atoms. The molecule has 0 aromatic heterocycles. The summed E-state index contributed by atoms with van der Waals surface area (Å²) in [6, 6.07) is 0. The molecule has 1 rings (SSSR count). The van der Waals surface area contributed by atoms with Crippen molar-refractivity contribution in [3.63, 3.8) is 0 Å². The molecule has 1 N–H and O–H groups in total. The van der Waals surface area contributed by atoms with Gasteiger partial charge in [-0.2, -0.15) is 0 Å². The van der Waals surface area contributed by atoms with Gasteiger partial charge in [0.05, 0.1) is 19.8 Å². The Labute approximate surface area is 119 Å². The standard InChI is InChI=1S/C15H24O5/c1-14(2)7-10(8-15(3,18)9-14)6-11(12(16)19-4)13(17)20-5/h8,11,18H,6-7,9H2,1-5H3/t15-/m1/s1. The molecule has 0 saturated carbocycles. The third kappa shape index (κ3) is 4.34. The van der Waals surface area contributed by atoms with Gasteiger partial charge in [0.1, 0.15) is 0 Å². The largest absolute Gasteiger partial charge is 0.468 e. The Morgan fingerprint density at radius 2 is 1.75 bits per heavy atom. The predicted octanol–water partition coefficient (Wildman–Crippen LogP) is 1.84. The van der Waals surface area contributed by atoms with E-state index < -0.39 is 23.5 Å². The van der Waals surface area contributed by atoms with Crippen molar-refractivity contribution >= 4 is 11.9 Å². The van der Waals surface area contributed by atoms with Gasteiger partial charge in [0.2, 0.25) is 0 Å². The van der Waals surface area contributed by atoms with Crippen molar-refractivity contribution in [2.24, 2.45) is 11.3 Å². The van der Waals surface area contributed by atoms with Gasteiger partial charge in [-0.05, 0) is 31.6 Å².